The van der Waals surface area contributed by atoms with Crippen molar-refractivity contribution in [3.63, 3.8) is 0 Å². The van der Waals surface area contributed by atoms with Gasteiger partial charge in [0.1, 0.15) is 17.7 Å². The summed E-state index contributed by atoms with van der Waals surface area (Å²) in [6.45, 7) is 5.50. The Bertz CT molecular complexity index is 2070. The largest absolute Gasteiger partial charge is 0.493 e. The molecular weight excluding hydrogens is 672 g/mol. The van der Waals surface area contributed by atoms with Crippen molar-refractivity contribution in [2.75, 3.05) is 34.7 Å². The summed E-state index contributed by atoms with van der Waals surface area (Å²) in [5.41, 5.74) is 3.92. The molecule has 1 fully saturated rings. The molecule has 0 bridgehead atoms. The highest BCUT2D eigenvalue weighted by Crippen LogP contribution is 2.56. The van der Waals surface area contributed by atoms with Gasteiger partial charge in [-0.25, -0.2) is 9.59 Å². The summed E-state index contributed by atoms with van der Waals surface area (Å²) in [4.78, 5) is 46.9. The Hall–Kier alpha value is -5.59. The number of aromatic nitrogens is 1. The van der Waals surface area contributed by atoms with Gasteiger partial charge in [-0.15, -0.1) is 0 Å². The van der Waals surface area contributed by atoms with Crippen LogP contribution in [0.25, 0.3) is 10.9 Å². The molecule has 13 heteroatoms. The van der Waals surface area contributed by atoms with Gasteiger partial charge in [0.2, 0.25) is 12.5 Å². The third-order valence-corrected chi connectivity index (χ3v) is 10.3. The lowest BCUT2D eigenvalue weighted by Crippen LogP contribution is -2.51. The predicted molar refractivity (Wildman–Crippen MR) is 185 cm³/mol. The Morgan fingerprint density at radius 2 is 1.60 bits per heavy atom. The van der Waals surface area contributed by atoms with Crippen LogP contribution in [0, 0.1) is 11.8 Å². The van der Waals surface area contributed by atoms with E-state index in [0.717, 1.165) is 22.2 Å². The first-order valence-corrected chi connectivity index (χ1v) is 17.2. The molecule has 0 spiro atoms. The van der Waals surface area contributed by atoms with Crippen LogP contribution < -0.4 is 23.7 Å². The zero-order valence-electron chi connectivity index (χ0n) is 29.8. The van der Waals surface area contributed by atoms with E-state index >= 15 is 0 Å². The minimum absolute atomic E-state index is 0.0172. The highest BCUT2D eigenvalue weighted by molar-refractivity contribution is 5.89. The molecule has 4 aliphatic rings. The van der Waals surface area contributed by atoms with Gasteiger partial charge in [0.15, 0.2) is 23.0 Å². The number of cyclic esters (lactones) is 1. The SMILES string of the molecule is COc1cc([C@@H]2c3cc4c(cc3[C@H](OC(=O)C3Cc5c([nH]c6ccccc56)CN3C(=O)OC(C)(C)C)C3COC(=O)[C@@H]32)OCO4)cc(OC)c1OC. The molecule has 1 aromatic heterocycles. The molecule has 1 saturated heterocycles. The summed E-state index contributed by atoms with van der Waals surface area (Å²) in [7, 11) is 4.58. The van der Waals surface area contributed by atoms with Gasteiger partial charge in [-0.05, 0) is 67.8 Å². The molecule has 0 radical (unpaired) electrons. The number of H-pyrrole nitrogens is 1. The van der Waals surface area contributed by atoms with Gasteiger partial charge >= 0.3 is 18.0 Å². The van der Waals surface area contributed by atoms with E-state index in [-0.39, 0.29) is 26.4 Å². The first-order chi connectivity index (χ1) is 25.0. The lowest BCUT2D eigenvalue weighted by molar-refractivity contribution is -0.161. The lowest BCUT2D eigenvalue weighted by atomic mass is 9.66. The average Bonchev–Trinajstić information content (AvgIpc) is 3.85. The molecule has 1 N–H and O–H groups in total. The monoisotopic (exact) mass is 712 g/mol. The molecule has 1 amide bonds. The van der Waals surface area contributed by atoms with E-state index in [4.69, 9.17) is 37.9 Å². The molecule has 4 aromatic rings. The van der Waals surface area contributed by atoms with Gasteiger partial charge in [-0.1, -0.05) is 18.2 Å². The number of aromatic amines is 1. The molecule has 2 unspecified atom stereocenters. The molecule has 52 heavy (non-hydrogen) atoms. The number of methoxy groups -OCH3 is 3. The number of benzene rings is 3. The lowest BCUT2D eigenvalue weighted by Gasteiger charge is -2.40. The summed E-state index contributed by atoms with van der Waals surface area (Å²) in [5, 5.41) is 0.970. The van der Waals surface area contributed by atoms with Gasteiger partial charge in [0.25, 0.3) is 0 Å². The number of fused-ring (bicyclic) bond motifs is 6. The Morgan fingerprint density at radius 1 is 0.904 bits per heavy atom. The fraction of sp³-hybridized carbons (Fsp3) is 0.410. The topological polar surface area (TPSA) is 144 Å². The Morgan fingerprint density at radius 3 is 2.27 bits per heavy atom. The molecule has 0 saturated carbocycles. The normalized spacial score (nSPS) is 22.9. The van der Waals surface area contributed by atoms with Crippen molar-refractivity contribution in [3.8, 4) is 28.7 Å². The quantitative estimate of drug-likeness (QED) is 0.191. The van der Waals surface area contributed by atoms with Gasteiger partial charge in [-0.2, -0.15) is 0 Å². The number of esters is 2. The van der Waals surface area contributed by atoms with Crippen LogP contribution in [0.1, 0.15) is 60.7 Å². The molecule has 272 valence electrons. The van der Waals surface area contributed by atoms with E-state index in [9.17, 15) is 14.4 Å². The number of amides is 1. The number of nitrogens with one attached hydrogen (secondary N) is 1. The second-order valence-corrected chi connectivity index (χ2v) is 14.4. The van der Waals surface area contributed by atoms with Gasteiger partial charge < -0.3 is 42.9 Å². The van der Waals surface area contributed by atoms with E-state index in [1.165, 1.54) is 26.2 Å². The van der Waals surface area contributed by atoms with Crippen LogP contribution in [0.4, 0.5) is 4.79 Å². The van der Waals surface area contributed by atoms with Crippen molar-refractivity contribution < 1.29 is 52.3 Å². The number of para-hydroxylation sites is 1. The molecule has 13 nitrogen and oxygen atoms in total. The second kappa shape index (κ2) is 12.6. The maximum absolute atomic E-state index is 14.6. The van der Waals surface area contributed by atoms with Crippen molar-refractivity contribution in [2.24, 2.45) is 11.8 Å². The smallest absolute Gasteiger partial charge is 0.411 e. The third kappa shape index (κ3) is 5.49. The highest BCUT2D eigenvalue weighted by atomic mass is 16.7. The number of rotatable bonds is 6. The third-order valence-electron chi connectivity index (χ3n) is 10.3. The summed E-state index contributed by atoms with van der Waals surface area (Å²) >= 11 is 0. The second-order valence-electron chi connectivity index (χ2n) is 14.4. The minimum Gasteiger partial charge on any atom is -0.493 e. The first-order valence-electron chi connectivity index (χ1n) is 17.2. The van der Waals surface area contributed by atoms with Gasteiger partial charge in [-0.3, -0.25) is 9.69 Å². The fourth-order valence-corrected chi connectivity index (χ4v) is 8.08. The van der Waals surface area contributed by atoms with Crippen molar-refractivity contribution in [1.82, 2.24) is 9.88 Å². The number of ether oxygens (including phenoxy) is 8. The Labute approximate surface area is 299 Å². The summed E-state index contributed by atoms with van der Waals surface area (Å²) < 4.78 is 46.5. The van der Waals surface area contributed by atoms with Gasteiger partial charge in [0, 0.05) is 40.4 Å². The Balaban J connectivity index is 1.22. The zero-order chi connectivity index (χ0) is 36.5. The van der Waals surface area contributed by atoms with E-state index in [2.05, 4.69) is 4.98 Å². The maximum Gasteiger partial charge on any atom is 0.411 e. The van der Waals surface area contributed by atoms with Crippen LogP contribution in [0.5, 0.6) is 28.7 Å². The number of hydrogen-bond acceptors (Lipinski definition) is 11. The van der Waals surface area contributed by atoms with Gasteiger partial charge in [0.05, 0.1) is 40.4 Å². The first kappa shape index (κ1) is 33.5. The van der Waals surface area contributed by atoms with Crippen molar-refractivity contribution in [1.29, 1.82) is 0 Å². The molecule has 3 aromatic carbocycles. The van der Waals surface area contributed by atoms with Crippen LogP contribution in [-0.2, 0) is 36.8 Å². The summed E-state index contributed by atoms with van der Waals surface area (Å²) in [6, 6.07) is 14.1. The number of carbonyl (C=O) groups excluding carboxylic acids is 3. The standard InChI is InChI=1S/C39H40N2O11/c1-39(2,3)52-38(44)41-16-26-21(20-9-7-8-10-25(20)40-26)13-27(41)36(42)51-34-23-15-29-28(49-18-50-29)14-22(23)32(33-24(34)17-48-37(33)43)19-11-30(45-4)35(47-6)31(12-19)46-5/h7-12,14-15,24,27,32-34,40H,13,16-18H2,1-6H3/t24?,27?,32-,33+,34+/m1/s1. The van der Waals surface area contributed by atoms with E-state index in [1.807, 2.05) is 48.5 Å². The van der Waals surface area contributed by atoms with Crippen LogP contribution in [0.15, 0.2) is 48.5 Å². The number of hydrogen-bond donors (Lipinski definition) is 1. The van der Waals surface area contributed by atoms with Crippen LogP contribution in [-0.4, -0.2) is 74.3 Å². The molecule has 5 atom stereocenters. The molecular formula is C39H40N2O11. The fourth-order valence-electron chi connectivity index (χ4n) is 8.08. The van der Waals surface area contributed by atoms with Crippen molar-refractivity contribution in [2.45, 2.75) is 57.4 Å². The van der Waals surface area contributed by atoms with Crippen LogP contribution in [0.3, 0.4) is 0 Å². The molecule has 8 rings (SSSR count). The zero-order valence-corrected chi connectivity index (χ0v) is 29.8. The van der Waals surface area contributed by atoms with Crippen LogP contribution >= 0.6 is 0 Å². The Kier molecular flexibility index (Phi) is 8.11. The summed E-state index contributed by atoms with van der Waals surface area (Å²) in [5.74, 6) is -0.686. The van der Waals surface area contributed by atoms with Crippen LogP contribution in [0.2, 0.25) is 0 Å². The highest BCUT2D eigenvalue weighted by Gasteiger charge is 2.55. The van der Waals surface area contributed by atoms with E-state index in [1.54, 1.807) is 20.8 Å². The molecule has 4 heterocycles. The predicted octanol–water partition coefficient (Wildman–Crippen LogP) is 5.80. The van der Waals surface area contributed by atoms with E-state index < -0.39 is 53.5 Å². The summed E-state index contributed by atoms with van der Waals surface area (Å²) in [6.07, 6.45) is -1.35. The number of nitrogens with zero attached hydrogens (tertiary/aromatic N) is 1. The van der Waals surface area contributed by atoms with Crippen molar-refractivity contribution >= 4 is 28.9 Å². The molecule has 1 aliphatic carbocycles. The number of carbonyl (C=O) groups is 3. The molecule has 3 aliphatic heterocycles. The van der Waals surface area contributed by atoms with E-state index in [0.29, 0.717) is 45.4 Å². The maximum atomic E-state index is 14.6. The minimum atomic E-state index is -1.01. The average molecular weight is 713 g/mol. The van der Waals surface area contributed by atoms with Crippen molar-refractivity contribution in [3.05, 3.63) is 76.5 Å².